The van der Waals surface area contributed by atoms with Crippen molar-refractivity contribution in [2.75, 3.05) is 12.3 Å². The zero-order chi connectivity index (χ0) is 28.6. The van der Waals surface area contributed by atoms with E-state index in [1.165, 1.54) is 31.6 Å². The van der Waals surface area contributed by atoms with Crippen LogP contribution in [0.3, 0.4) is 0 Å². The van der Waals surface area contributed by atoms with Gasteiger partial charge in [-0.15, -0.1) is 0 Å². The lowest BCUT2D eigenvalue weighted by molar-refractivity contribution is -0.153. The van der Waals surface area contributed by atoms with Crippen LogP contribution in [0.1, 0.15) is 46.4 Å². The van der Waals surface area contributed by atoms with Crippen LogP contribution in [0.5, 0.6) is 5.75 Å². The number of carbonyl (C=O) groups excluding carboxylic acids is 1. The van der Waals surface area contributed by atoms with Crippen LogP contribution in [0.2, 0.25) is 0 Å². The summed E-state index contributed by atoms with van der Waals surface area (Å²) in [5, 5.41) is 17.6. The molecule has 0 bridgehead atoms. The minimum Gasteiger partial charge on any atom is -0.462 e. The topological polar surface area (TPSA) is 160 Å². The Balaban J connectivity index is 1.57. The second-order valence-corrected chi connectivity index (χ2v) is 11.9. The normalized spacial score (nSPS) is 25.1. The number of rotatable bonds is 10. The molecule has 12 nitrogen and oxygen atoms in total. The third kappa shape index (κ3) is 6.07. The van der Waals surface area contributed by atoms with E-state index in [1.54, 1.807) is 56.3 Å². The zero-order valence-corrected chi connectivity index (χ0v) is 23.2. The van der Waals surface area contributed by atoms with E-state index in [0.29, 0.717) is 11.2 Å². The van der Waals surface area contributed by atoms with Crippen molar-refractivity contribution in [1.82, 2.24) is 19.7 Å². The van der Waals surface area contributed by atoms with Crippen LogP contribution in [0, 0.1) is 0 Å². The molecule has 0 amide bonds. The maximum atomic E-state index is 15.9. The van der Waals surface area contributed by atoms with Gasteiger partial charge in [0.1, 0.15) is 41.4 Å². The van der Waals surface area contributed by atoms with Gasteiger partial charge in [-0.1, -0.05) is 18.2 Å². The van der Waals surface area contributed by atoms with Gasteiger partial charge in [-0.05, 0) is 58.9 Å². The number of nitrogen functional groups attached to an aromatic ring is 1. The number of benzene rings is 1. The molecule has 14 heteroatoms. The molecule has 0 saturated carbocycles. The summed E-state index contributed by atoms with van der Waals surface area (Å²) in [6.45, 7) is 6.94. The Morgan fingerprint density at radius 3 is 2.67 bits per heavy atom. The highest BCUT2D eigenvalue weighted by atomic mass is 31.2. The van der Waals surface area contributed by atoms with Crippen LogP contribution in [0.25, 0.3) is 5.52 Å². The van der Waals surface area contributed by atoms with Crippen LogP contribution >= 0.6 is 7.75 Å². The number of anilines is 1. The quantitative estimate of drug-likeness (QED) is 0.244. The molecule has 4 N–H and O–H groups in total. The van der Waals surface area contributed by atoms with Crippen LogP contribution in [-0.2, 0) is 23.4 Å². The van der Waals surface area contributed by atoms with Crippen molar-refractivity contribution < 1.29 is 37.4 Å². The Bertz CT molecular complexity index is 1370. The first-order valence-corrected chi connectivity index (χ1v) is 13.9. The molecule has 3 aromatic rings. The number of ether oxygens (including phenoxy) is 2. The van der Waals surface area contributed by atoms with E-state index in [4.69, 9.17) is 24.3 Å². The van der Waals surface area contributed by atoms with Gasteiger partial charge < -0.3 is 24.8 Å². The van der Waals surface area contributed by atoms with Crippen LogP contribution < -0.4 is 15.3 Å². The minimum atomic E-state index is -4.31. The molecule has 0 radical (unpaired) electrons. The molecule has 212 valence electrons. The summed E-state index contributed by atoms with van der Waals surface area (Å²) in [6.07, 6.45) is -3.38. The molecule has 4 rings (SSSR count). The van der Waals surface area contributed by atoms with Gasteiger partial charge in [0.15, 0.2) is 11.5 Å². The number of halogens is 1. The Morgan fingerprint density at radius 2 is 2.00 bits per heavy atom. The van der Waals surface area contributed by atoms with Gasteiger partial charge in [-0.2, -0.15) is 10.2 Å². The second-order valence-electron chi connectivity index (χ2n) is 10.2. The number of nitrogens with two attached hydrogens (primary N) is 1. The molecule has 1 aliphatic rings. The molecule has 1 aliphatic heterocycles. The number of carbonyl (C=O) groups is 1. The molecular weight excluding hydrogens is 532 g/mol. The van der Waals surface area contributed by atoms with Crippen molar-refractivity contribution in [3.8, 4) is 5.75 Å². The summed E-state index contributed by atoms with van der Waals surface area (Å²) in [6, 6.07) is 11.4. The highest BCUT2D eigenvalue weighted by Gasteiger charge is 2.56. The molecule has 39 heavy (non-hydrogen) atoms. The Kier molecular flexibility index (Phi) is 8.02. The van der Waals surface area contributed by atoms with E-state index in [2.05, 4.69) is 15.2 Å². The number of hydrogen-bond donors (Lipinski definition) is 3. The van der Waals surface area contributed by atoms with Crippen molar-refractivity contribution in [2.45, 2.75) is 70.2 Å². The van der Waals surface area contributed by atoms with Gasteiger partial charge in [0.05, 0.1) is 18.4 Å². The highest BCUT2D eigenvalue weighted by Crippen LogP contribution is 2.49. The monoisotopic (exact) mass is 565 g/mol. The smallest absolute Gasteiger partial charge is 0.459 e. The summed E-state index contributed by atoms with van der Waals surface area (Å²) < 4.78 is 53.6. The van der Waals surface area contributed by atoms with Crippen molar-refractivity contribution >= 4 is 25.1 Å². The fourth-order valence-corrected chi connectivity index (χ4v) is 5.87. The Morgan fingerprint density at radius 1 is 1.31 bits per heavy atom. The fraction of sp³-hybridized carbons (Fsp3) is 0.480. The third-order valence-corrected chi connectivity index (χ3v) is 7.95. The zero-order valence-electron chi connectivity index (χ0n) is 22.3. The molecule has 2 aromatic heterocycles. The second kappa shape index (κ2) is 10.8. The summed E-state index contributed by atoms with van der Waals surface area (Å²) in [4.78, 5) is 16.6. The van der Waals surface area contributed by atoms with Crippen molar-refractivity contribution in [1.29, 1.82) is 0 Å². The summed E-state index contributed by atoms with van der Waals surface area (Å²) in [7, 11) is -4.31. The van der Waals surface area contributed by atoms with E-state index < -0.39 is 55.9 Å². The summed E-state index contributed by atoms with van der Waals surface area (Å²) in [5.41, 5.74) is 2.86. The van der Waals surface area contributed by atoms with Gasteiger partial charge in [-0.25, -0.2) is 18.5 Å². The van der Waals surface area contributed by atoms with Crippen molar-refractivity contribution in [3.05, 3.63) is 54.5 Å². The number of para-hydroxylation sites is 1. The number of alkyl halides is 1. The number of aliphatic hydroxyl groups is 1. The molecule has 5 atom stereocenters. The van der Waals surface area contributed by atoms with Crippen LogP contribution in [0.15, 0.2) is 48.8 Å². The molecule has 1 saturated heterocycles. The Hall–Kier alpha value is -3.09. The minimum absolute atomic E-state index is 0.193. The standard InChI is InChI=1S/C25H33FN5O7P/c1-15(2)36-23(33)24(3,4)30-39(34,38-16-9-7-6-8-10-16)35-13-19-20(32)25(5,26)21(37-19)17-11-12-18-22(27)28-14-29-31(17)18/h6-12,14-15,19-21,32H,13H2,1-5H3,(H,30,34)(H2,27,28,29)/t19-,20-,21+,25-,39?/m1/s1. The van der Waals surface area contributed by atoms with E-state index >= 15 is 4.39 Å². The number of aromatic nitrogens is 3. The number of esters is 1. The first-order chi connectivity index (χ1) is 18.2. The predicted octanol–water partition coefficient (Wildman–Crippen LogP) is 3.36. The van der Waals surface area contributed by atoms with Gasteiger partial charge in [0.2, 0.25) is 0 Å². The fourth-order valence-electron chi connectivity index (χ4n) is 4.18. The van der Waals surface area contributed by atoms with E-state index in [0.717, 1.165) is 0 Å². The van der Waals surface area contributed by atoms with Gasteiger partial charge in [-0.3, -0.25) is 9.32 Å². The van der Waals surface area contributed by atoms with Crippen LogP contribution in [-0.4, -0.2) is 61.8 Å². The lowest BCUT2D eigenvalue weighted by Crippen LogP contribution is -2.48. The summed E-state index contributed by atoms with van der Waals surface area (Å²) >= 11 is 0. The molecule has 1 fully saturated rings. The number of nitrogens with one attached hydrogen (secondary N) is 1. The first-order valence-electron chi connectivity index (χ1n) is 12.3. The third-order valence-electron chi connectivity index (χ3n) is 6.18. The summed E-state index contributed by atoms with van der Waals surface area (Å²) in [5.74, 6) is -0.300. The highest BCUT2D eigenvalue weighted by molar-refractivity contribution is 7.52. The first kappa shape index (κ1) is 28.9. The maximum Gasteiger partial charge on any atom is 0.459 e. The lowest BCUT2D eigenvalue weighted by Gasteiger charge is -2.30. The SMILES string of the molecule is CC(C)OC(=O)C(C)(C)NP(=O)(OC[C@H]1O[C@@H](c2ccc3c(N)ncnn23)[C@](C)(F)[C@@H]1O)Oc1ccccc1. The largest absolute Gasteiger partial charge is 0.462 e. The molecule has 0 spiro atoms. The Labute approximate surface area is 225 Å². The predicted molar refractivity (Wildman–Crippen MR) is 140 cm³/mol. The molecule has 1 aromatic carbocycles. The van der Waals surface area contributed by atoms with E-state index in [9.17, 15) is 14.5 Å². The van der Waals surface area contributed by atoms with E-state index in [-0.39, 0.29) is 11.6 Å². The van der Waals surface area contributed by atoms with Gasteiger partial charge >= 0.3 is 13.7 Å². The number of aliphatic hydroxyl groups excluding tert-OH is 1. The van der Waals surface area contributed by atoms with Crippen LogP contribution in [0.4, 0.5) is 10.2 Å². The average molecular weight is 566 g/mol. The number of hydrogen-bond acceptors (Lipinski definition) is 10. The maximum absolute atomic E-state index is 15.9. The van der Waals surface area contributed by atoms with E-state index in [1.807, 2.05) is 0 Å². The molecule has 1 unspecified atom stereocenters. The van der Waals surface area contributed by atoms with Crippen molar-refractivity contribution in [3.63, 3.8) is 0 Å². The molecular formula is C25H33FN5O7P. The molecule has 0 aliphatic carbocycles. The van der Waals surface area contributed by atoms with Gasteiger partial charge in [0, 0.05) is 0 Å². The average Bonchev–Trinajstić information content (AvgIpc) is 3.37. The van der Waals surface area contributed by atoms with Gasteiger partial charge in [0.25, 0.3) is 0 Å². The lowest BCUT2D eigenvalue weighted by atomic mass is 9.93. The molecule has 3 heterocycles. The number of nitrogens with zero attached hydrogens (tertiary/aromatic N) is 3. The van der Waals surface area contributed by atoms with Crippen molar-refractivity contribution in [2.24, 2.45) is 0 Å². The number of fused-ring (bicyclic) bond motifs is 1.